The average molecular weight is 339 g/mol. The van der Waals surface area contributed by atoms with Crippen LogP contribution in [0.25, 0.3) is 0 Å². The van der Waals surface area contributed by atoms with Gasteiger partial charge in [-0.2, -0.15) is 0 Å². The predicted molar refractivity (Wildman–Crippen MR) is 84.2 cm³/mol. The summed E-state index contributed by atoms with van der Waals surface area (Å²) in [7, 11) is 0. The SMILES string of the molecule is CC=C[CH2][Sn]([CH2]C=CC)([CH2]C=CC)[CH2]C=CC. The Morgan fingerprint density at radius 2 is 0.765 bits per heavy atom. The molecular weight excluding hydrogens is 311 g/mol. The van der Waals surface area contributed by atoms with Crippen LogP contribution in [-0.2, 0) is 0 Å². The maximum absolute atomic E-state index is 2.40. The van der Waals surface area contributed by atoms with Crippen LogP contribution in [0.15, 0.2) is 48.6 Å². The second-order valence-corrected chi connectivity index (χ2v) is 17.8. The summed E-state index contributed by atoms with van der Waals surface area (Å²) in [6, 6.07) is 0. The van der Waals surface area contributed by atoms with Gasteiger partial charge in [-0.05, 0) is 0 Å². The van der Waals surface area contributed by atoms with Crippen LogP contribution in [0.2, 0.25) is 17.7 Å². The third kappa shape index (κ3) is 7.64. The molecule has 0 bridgehead atoms. The molecule has 0 aliphatic rings. The van der Waals surface area contributed by atoms with Crippen LogP contribution in [0, 0.1) is 0 Å². The number of allylic oxidation sites excluding steroid dienone is 8. The maximum atomic E-state index is 2.40. The Labute approximate surface area is 112 Å². The molecule has 0 rings (SSSR count). The topological polar surface area (TPSA) is 0 Å². The quantitative estimate of drug-likeness (QED) is 0.391. The van der Waals surface area contributed by atoms with Gasteiger partial charge in [0, 0.05) is 0 Å². The van der Waals surface area contributed by atoms with Crippen molar-refractivity contribution in [3.8, 4) is 0 Å². The summed E-state index contributed by atoms with van der Waals surface area (Å²) in [5.41, 5.74) is 0. The van der Waals surface area contributed by atoms with Gasteiger partial charge in [-0.3, -0.25) is 0 Å². The molecule has 0 aromatic rings. The Hall–Kier alpha value is -0.241. The third-order valence-corrected chi connectivity index (χ3v) is 15.7. The van der Waals surface area contributed by atoms with Gasteiger partial charge in [-0.25, -0.2) is 0 Å². The number of hydrogen-bond acceptors (Lipinski definition) is 0. The second-order valence-electron chi connectivity index (χ2n) is 4.59. The Morgan fingerprint density at radius 1 is 0.529 bits per heavy atom. The molecule has 0 amide bonds. The molecule has 17 heavy (non-hydrogen) atoms. The zero-order chi connectivity index (χ0) is 13.0. The van der Waals surface area contributed by atoms with Gasteiger partial charge >= 0.3 is 112 Å². The standard InChI is InChI=1S/4C4H7.Sn/c4*1-3-4-2;/h4*3-4H,1H2,2H3;. The van der Waals surface area contributed by atoms with Crippen LogP contribution in [0.4, 0.5) is 0 Å². The number of rotatable bonds is 8. The Morgan fingerprint density at radius 3 is 0.941 bits per heavy atom. The van der Waals surface area contributed by atoms with Crippen LogP contribution in [-0.4, -0.2) is 18.4 Å². The van der Waals surface area contributed by atoms with Gasteiger partial charge in [-0.1, -0.05) is 0 Å². The van der Waals surface area contributed by atoms with Crippen molar-refractivity contribution < 1.29 is 0 Å². The van der Waals surface area contributed by atoms with Crippen molar-refractivity contribution in [2.24, 2.45) is 0 Å². The first-order valence-corrected chi connectivity index (χ1v) is 14.8. The van der Waals surface area contributed by atoms with Gasteiger partial charge < -0.3 is 0 Å². The summed E-state index contributed by atoms with van der Waals surface area (Å²) in [5.74, 6) is 0. The van der Waals surface area contributed by atoms with E-state index in [4.69, 9.17) is 0 Å². The minimum atomic E-state index is -2.04. The van der Waals surface area contributed by atoms with Crippen molar-refractivity contribution in [2.45, 2.75) is 45.4 Å². The van der Waals surface area contributed by atoms with Gasteiger partial charge in [0.1, 0.15) is 0 Å². The summed E-state index contributed by atoms with van der Waals surface area (Å²) in [6.45, 7) is 8.55. The van der Waals surface area contributed by atoms with E-state index >= 15 is 0 Å². The summed E-state index contributed by atoms with van der Waals surface area (Å²) in [4.78, 5) is 0. The second kappa shape index (κ2) is 10.9. The molecule has 0 N–H and O–H groups in total. The molecule has 0 aliphatic heterocycles. The molecule has 0 nitrogen and oxygen atoms in total. The fraction of sp³-hybridized carbons (Fsp3) is 0.500. The molecule has 0 spiro atoms. The summed E-state index contributed by atoms with van der Waals surface area (Å²) in [6.07, 6.45) is 18.4. The molecule has 0 unspecified atom stereocenters. The van der Waals surface area contributed by atoms with Gasteiger partial charge in [0.05, 0.1) is 0 Å². The van der Waals surface area contributed by atoms with Gasteiger partial charge in [0.2, 0.25) is 0 Å². The molecule has 0 radical (unpaired) electrons. The zero-order valence-corrected chi connectivity index (χ0v) is 14.8. The Bertz CT molecular complexity index is 220. The van der Waals surface area contributed by atoms with E-state index in [1.54, 1.807) is 0 Å². The third-order valence-electron chi connectivity index (χ3n) is 3.15. The molecule has 0 aromatic carbocycles. The van der Waals surface area contributed by atoms with E-state index in [2.05, 4.69) is 76.3 Å². The van der Waals surface area contributed by atoms with Crippen molar-refractivity contribution in [2.75, 3.05) is 0 Å². The van der Waals surface area contributed by atoms with Crippen molar-refractivity contribution >= 4 is 18.4 Å². The predicted octanol–water partition coefficient (Wildman–Crippen LogP) is 5.74. The van der Waals surface area contributed by atoms with Crippen molar-refractivity contribution in [3.05, 3.63) is 48.6 Å². The molecule has 0 aliphatic carbocycles. The molecule has 0 saturated carbocycles. The van der Waals surface area contributed by atoms with E-state index in [1.165, 1.54) is 17.7 Å². The van der Waals surface area contributed by atoms with Crippen LogP contribution in [0.3, 0.4) is 0 Å². The summed E-state index contributed by atoms with van der Waals surface area (Å²) in [5, 5.41) is 0. The number of hydrogen-bond donors (Lipinski definition) is 0. The van der Waals surface area contributed by atoms with E-state index in [0.29, 0.717) is 0 Å². The first kappa shape index (κ1) is 16.8. The van der Waals surface area contributed by atoms with E-state index < -0.39 is 18.4 Å². The summed E-state index contributed by atoms with van der Waals surface area (Å²) < 4.78 is 5.46. The zero-order valence-electron chi connectivity index (χ0n) is 11.9. The minimum absolute atomic E-state index is 1.37. The Balaban J connectivity index is 4.87. The van der Waals surface area contributed by atoms with Crippen LogP contribution in [0.5, 0.6) is 0 Å². The van der Waals surface area contributed by atoms with Gasteiger partial charge in [-0.15, -0.1) is 0 Å². The molecule has 0 atom stereocenters. The fourth-order valence-electron chi connectivity index (χ4n) is 1.97. The van der Waals surface area contributed by atoms with Gasteiger partial charge in [0.15, 0.2) is 0 Å². The Kier molecular flexibility index (Phi) is 10.7. The van der Waals surface area contributed by atoms with Crippen molar-refractivity contribution in [3.63, 3.8) is 0 Å². The van der Waals surface area contributed by atoms with E-state index in [0.717, 1.165) is 0 Å². The van der Waals surface area contributed by atoms with E-state index in [1.807, 2.05) is 0 Å². The van der Waals surface area contributed by atoms with E-state index in [9.17, 15) is 0 Å². The molecule has 0 fully saturated rings. The van der Waals surface area contributed by atoms with Crippen LogP contribution >= 0.6 is 0 Å². The molecule has 96 valence electrons. The van der Waals surface area contributed by atoms with Crippen molar-refractivity contribution in [1.29, 1.82) is 0 Å². The molecule has 0 aromatic heterocycles. The van der Waals surface area contributed by atoms with E-state index in [-0.39, 0.29) is 0 Å². The first-order chi connectivity index (χ1) is 8.24. The average Bonchev–Trinajstić information content (AvgIpc) is 2.37. The van der Waals surface area contributed by atoms with Crippen LogP contribution < -0.4 is 0 Å². The van der Waals surface area contributed by atoms with Crippen LogP contribution in [0.1, 0.15) is 27.7 Å². The monoisotopic (exact) mass is 340 g/mol. The van der Waals surface area contributed by atoms with Crippen molar-refractivity contribution in [1.82, 2.24) is 0 Å². The fourth-order valence-corrected chi connectivity index (χ4v) is 13.2. The molecular formula is C16H28Sn. The first-order valence-electron chi connectivity index (χ1n) is 6.69. The molecule has 0 heterocycles. The normalized spacial score (nSPS) is 16.7. The molecule has 0 saturated heterocycles. The summed E-state index contributed by atoms with van der Waals surface area (Å²) >= 11 is -2.04. The van der Waals surface area contributed by atoms with Gasteiger partial charge in [0.25, 0.3) is 0 Å². The molecule has 1 heteroatoms.